The quantitative estimate of drug-likeness (QED) is 0.668. The van der Waals surface area contributed by atoms with E-state index < -0.39 is 0 Å². The van der Waals surface area contributed by atoms with Gasteiger partial charge < -0.3 is 5.11 Å². The summed E-state index contributed by atoms with van der Waals surface area (Å²) in [4.78, 5) is 1.77. The largest absolute Gasteiger partial charge is 0.391 e. The van der Waals surface area contributed by atoms with Crippen LogP contribution in [0.5, 0.6) is 0 Å². The van der Waals surface area contributed by atoms with Crippen molar-refractivity contribution in [2.45, 2.75) is 37.8 Å². The van der Waals surface area contributed by atoms with Gasteiger partial charge in [0.15, 0.2) is 0 Å². The van der Waals surface area contributed by atoms with E-state index in [1.54, 1.807) is 4.90 Å². The number of nitriles is 2. The summed E-state index contributed by atoms with van der Waals surface area (Å²) >= 11 is 0. The molecule has 0 aromatic rings. The van der Waals surface area contributed by atoms with Crippen LogP contribution in [0.2, 0.25) is 0 Å². The fourth-order valence-corrected chi connectivity index (χ4v) is 1.99. The van der Waals surface area contributed by atoms with Gasteiger partial charge in [0, 0.05) is 6.04 Å². The molecule has 76 valence electrons. The van der Waals surface area contributed by atoms with E-state index in [0.717, 1.165) is 25.7 Å². The summed E-state index contributed by atoms with van der Waals surface area (Å²) in [5.74, 6) is 0. The minimum atomic E-state index is -0.370. The Kier molecular flexibility index (Phi) is 4.39. The minimum absolute atomic E-state index is 0.00282. The Labute approximate surface area is 84.4 Å². The molecule has 1 rings (SSSR count). The highest BCUT2D eigenvalue weighted by Crippen LogP contribution is 2.22. The number of hydrogen-bond donors (Lipinski definition) is 1. The molecule has 1 aliphatic rings. The number of aliphatic hydroxyl groups is 1. The molecule has 0 heterocycles. The monoisotopic (exact) mass is 193 g/mol. The lowest BCUT2D eigenvalue weighted by atomic mass is 9.91. The van der Waals surface area contributed by atoms with Gasteiger partial charge in [0.1, 0.15) is 0 Å². The molecule has 0 spiro atoms. The van der Waals surface area contributed by atoms with E-state index in [4.69, 9.17) is 10.5 Å². The van der Waals surface area contributed by atoms with Crippen LogP contribution in [0.1, 0.15) is 25.7 Å². The first-order valence-corrected chi connectivity index (χ1v) is 4.95. The average molecular weight is 193 g/mol. The highest BCUT2D eigenvalue weighted by Gasteiger charge is 2.28. The molecule has 1 aliphatic carbocycles. The van der Waals surface area contributed by atoms with Gasteiger partial charge in [-0.2, -0.15) is 10.5 Å². The predicted octanol–water partition coefficient (Wildman–Crippen LogP) is 0.639. The molecule has 2 atom stereocenters. The van der Waals surface area contributed by atoms with E-state index in [2.05, 4.69) is 0 Å². The zero-order valence-corrected chi connectivity index (χ0v) is 8.19. The van der Waals surface area contributed by atoms with Gasteiger partial charge in [-0.25, -0.2) is 0 Å². The molecule has 0 radical (unpaired) electrons. The van der Waals surface area contributed by atoms with Gasteiger partial charge in [0.2, 0.25) is 0 Å². The van der Waals surface area contributed by atoms with Crippen molar-refractivity contribution >= 4 is 0 Å². The minimum Gasteiger partial charge on any atom is -0.391 e. The van der Waals surface area contributed by atoms with Crippen molar-refractivity contribution in [3.63, 3.8) is 0 Å². The summed E-state index contributed by atoms with van der Waals surface area (Å²) in [6.07, 6.45) is 3.44. The molecule has 4 heteroatoms. The molecular weight excluding hydrogens is 178 g/mol. The van der Waals surface area contributed by atoms with Crippen LogP contribution in [0, 0.1) is 22.7 Å². The molecule has 2 unspecified atom stereocenters. The van der Waals surface area contributed by atoms with Gasteiger partial charge in [-0.05, 0) is 12.8 Å². The smallest absolute Gasteiger partial charge is 0.0877 e. The number of rotatable bonds is 3. The van der Waals surface area contributed by atoms with Gasteiger partial charge >= 0.3 is 0 Å². The van der Waals surface area contributed by atoms with Crippen LogP contribution in [0.15, 0.2) is 0 Å². The SMILES string of the molecule is N#CCN(CC#N)C1CCCCC1O. The maximum atomic E-state index is 9.73. The fraction of sp³-hybridized carbons (Fsp3) is 0.800. The number of nitrogens with zero attached hydrogens (tertiary/aromatic N) is 3. The second kappa shape index (κ2) is 5.59. The Balaban J connectivity index is 2.57. The molecule has 0 aromatic carbocycles. The number of aliphatic hydroxyl groups excluding tert-OH is 1. The molecule has 0 aromatic heterocycles. The summed E-state index contributed by atoms with van der Waals surface area (Å²) in [5, 5.41) is 26.9. The first-order valence-electron chi connectivity index (χ1n) is 4.95. The van der Waals surface area contributed by atoms with Crippen molar-refractivity contribution < 1.29 is 5.11 Å². The zero-order valence-electron chi connectivity index (χ0n) is 8.19. The molecule has 0 aliphatic heterocycles. The Morgan fingerprint density at radius 3 is 2.21 bits per heavy atom. The van der Waals surface area contributed by atoms with E-state index in [1.807, 2.05) is 12.1 Å². The molecule has 14 heavy (non-hydrogen) atoms. The van der Waals surface area contributed by atoms with E-state index in [1.165, 1.54) is 0 Å². The Hall–Kier alpha value is -1.10. The summed E-state index contributed by atoms with van der Waals surface area (Å²) in [5.41, 5.74) is 0. The Morgan fingerprint density at radius 2 is 1.71 bits per heavy atom. The molecule has 0 amide bonds. The van der Waals surface area contributed by atoms with Gasteiger partial charge in [0.05, 0.1) is 31.3 Å². The van der Waals surface area contributed by atoms with Crippen molar-refractivity contribution in [3.05, 3.63) is 0 Å². The van der Waals surface area contributed by atoms with Crippen LogP contribution < -0.4 is 0 Å². The molecule has 1 saturated carbocycles. The predicted molar refractivity (Wildman–Crippen MR) is 51.1 cm³/mol. The second-order valence-corrected chi connectivity index (χ2v) is 3.64. The summed E-state index contributed by atoms with van der Waals surface area (Å²) in [6.45, 7) is 0.463. The summed E-state index contributed by atoms with van der Waals surface area (Å²) < 4.78 is 0. The third-order valence-electron chi connectivity index (χ3n) is 2.71. The molecule has 1 N–H and O–H groups in total. The summed E-state index contributed by atoms with van der Waals surface area (Å²) in [7, 11) is 0. The van der Waals surface area contributed by atoms with Crippen LogP contribution in [0.4, 0.5) is 0 Å². The lowest BCUT2D eigenvalue weighted by Crippen LogP contribution is -2.45. The molecular formula is C10H15N3O. The van der Waals surface area contributed by atoms with Crippen LogP contribution >= 0.6 is 0 Å². The lowest BCUT2D eigenvalue weighted by molar-refractivity contribution is 0.0319. The zero-order chi connectivity index (χ0) is 10.4. The third kappa shape index (κ3) is 2.70. The topological polar surface area (TPSA) is 71.0 Å². The van der Waals surface area contributed by atoms with Crippen LogP contribution in [-0.2, 0) is 0 Å². The van der Waals surface area contributed by atoms with Crippen molar-refractivity contribution in [1.82, 2.24) is 4.90 Å². The van der Waals surface area contributed by atoms with E-state index in [0.29, 0.717) is 0 Å². The second-order valence-electron chi connectivity index (χ2n) is 3.64. The van der Waals surface area contributed by atoms with Gasteiger partial charge in [-0.15, -0.1) is 0 Å². The Morgan fingerprint density at radius 1 is 1.14 bits per heavy atom. The molecule has 4 nitrogen and oxygen atoms in total. The average Bonchev–Trinajstić information content (AvgIpc) is 2.18. The van der Waals surface area contributed by atoms with Crippen LogP contribution in [0.25, 0.3) is 0 Å². The van der Waals surface area contributed by atoms with Crippen LogP contribution in [0.3, 0.4) is 0 Å². The fourth-order valence-electron chi connectivity index (χ4n) is 1.99. The first kappa shape index (κ1) is 11.0. The maximum Gasteiger partial charge on any atom is 0.0877 e. The highest BCUT2D eigenvalue weighted by molar-refractivity contribution is 4.92. The summed E-state index contributed by atoms with van der Waals surface area (Å²) in [6, 6.07) is 4.07. The molecule has 0 bridgehead atoms. The highest BCUT2D eigenvalue weighted by atomic mass is 16.3. The normalized spacial score (nSPS) is 26.9. The maximum absolute atomic E-state index is 9.73. The third-order valence-corrected chi connectivity index (χ3v) is 2.71. The van der Waals surface area contributed by atoms with Crippen molar-refractivity contribution in [2.75, 3.05) is 13.1 Å². The van der Waals surface area contributed by atoms with Gasteiger partial charge in [-0.3, -0.25) is 4.90 Å². The van der Waals surface area contributed by atoms with Crippen molar-refractivity contribution in [2.24, 2.45) is 0 Å². The van der Waals surface area contributed by atoms with E-state index in [9.17, 15) is 5.11 Å². The van der Waals surface area contributed by atoms with E-state index >= 15 is 0 Å². The first-order chi connectivity index (χ1) is 6.79. The number of hydrogen-bond acceptors (Lipinski definition) is 4. The van der Waals surface area contributed by atoms with Crippen LogP contribution in [-0.4, -0.2) is 35.2 Å². The lowest BCUT2D eigenvalue weighted by Gasteiger charge is -2.34. The standard InChI is InChI=1S/C10H15N3O/c11-5-7-13(8-6-12)9-3-1-2-4-10(9)14/h9-10,14H,1-4,7-8H2. The molecule has 0 saturated heterocycles. The van der Waals surface area contributed by atoms with Crippen molar-refractivity contribution in [1.29, 1.82) is 10.5 Å². The van der Waals surface area contributed by atoms with E-state index in [-0.39, 0.29) is 25.2 Å². The van der Waals surface area contributed by atoms with Gasteiger partial charge in [0.25, 0.3) is 0 Å². The molecule has 1 fully saturated rings. The van der Waals surface area contributed by atoms with Crippen molar-refractivity contribution in [3.8, 4) is 12.1 Å². The Bertz CT molecular complexity index is 237. The van der Waals surface area contributed by atoms with Gasteiger partial charge in [-0.1, -0.05) is 12.8 Å².